The van der Waals surface area contributed by atoms with Crippen LogP contribution in [0.2, 0.25) is 0 Å². The summed E-state index contributed by atoms with van der Waals surface area (Å²) in [5.74, 6) is 0.786. The van der Waals surface area contributed by atoms with E-state index >= 15 is 0 Å². The Labute approximate surface area is 172 Å². The van der Waals surface area contributed by atoms with Crippen molar-refractivity contribution in [2.24, 2.45) is 0 Å². The Morgan fingerprint density at radius 2 is 1.90 bits per heavy atom. The third-order valence-electron chi connectivity index (χ3n) is 4.62. The molecule has 4 aromatic rings. The summed E-state index contributed by atoms with van der Waals surface area (Å²) in [6.07, 6.45) is 5.16. The predicted molar refractivity (Wildman–Crippen MR) is 114 cm³/mol. The molecule has 1 atom stereocenters. The number of benzene rings is 1. The lowest BCUT2D eigenvalue weighted by atomic mass is 10.1. The van der Waals surface area contributed by atoms with Crippen molar-refractivity contribution in [2.75, 3.05) is 11.6 Å². The van der Waals surface area contributed by atoms with Gasteiger partial charge in [0.1, 0.15) is 6.26 Å². The summed E-state index contributed by atoms with van der Waals surface area (Å²) in [6, 6.07) is 14.1. The van der Waals surface area contributed by atoms with Crippen LogP contribution >= 0.6 is 0 Å². The number of rotatable bonds is 6. The zero-order valence-electron chi connectivity index (χ0n) is 16.5. The van der Waals surface area contributed by atoms with E-state index < -0.39 is 11.2 Å². The molecule has 0 aliphatic heterocycles. The highest BCUT2D eigenvalue weighted by Crippen LogP contribution is 2.22. The van der Waals surface area contributed by atoms with Crippen molar-refractivity contribution in [3.8, 4) is 11.3 Å². The highest BCUT2D eigenvalue weighted by Gasteiger charge is 2.19. The highest BCUT2D eigenvalue weighted by atomic mass is 32.2. The number of fused-ring (bicyclic) bond motifs is 1. The van der Waals surface area contributed by atoms with Crippen LogP contribution in [-0.4, -0.2) is 35.4 Å². The Morgan fingerprint density at radius 3 is 2.55 bits per heavy atom. The maximum Gasteiger partial charge on any atom is 0.347 e. The van der Waals surface area contributed by atoms with Gasteiger partial charge in [0, 0.05) is 35.0 Å². The van der Waals surface area contributed by atoms with Crippen molar-refractivity contribution in [3.63, 3.8) is 0 Å². The van der Waals surface area contributed by atoms with E-state index in [1.54, 1.807) is 23.2 Å². The fourth-order valence-electron chi connectivity index (χ4n) is 3.03. The van der Waals surface area contributed by atoms with Gasteiger partial charge in [0.2, 0.25) is 5.95 Å². The standard InChI is InChI=1S/C21H22N6OS/c1-14(2)17-13-24-27-19(17)25-21(29(3)28)26-20(27)23-12-15-7-9-16(10-8-15)18-6-4-5-11-22-18/h4-11,13-14H,12H2,1-3H3,(H,23,25,26). The van der Waals surface area contributed by atoms with Gasteiger partial charge in [0.15, 0.2) is 5.65 Å². The van der Waals surface area contributed by atoms with Crippen LogP contribution in [0.4, 0.5) is 5.95 Å². The largest absolute Gasteiger partial charge is 0.609 e. The molecular formula is C21H22N6OS. The Balaban J connectivity index is 1.59. The van der Waals surface area contributed by atoms with Crippen LogP contribution in [0.3, 0.4) is 0 Å². The fraction of sp³-hybridized carbons (Fsp3) is 0.238. The molecule has 29 heavy (non-hydrogen) atoms. The SMILES string of the molecule is CC(C)c1cnn2c(NCc3ccc(-c4ccccn4)cc3)nc([S+](C)[O-])nc12. The van der Waals surface area contributed by atoms with E-state index in [-0.39, 0.29) is 5.92 Å². The lowest BCUT2D eigenvalue weighted by Gasteiger charge is -2.11. The van der Waals surface area contributed by atoms with Gasteiger partial charge in [-0.05, 0) is 23.6 Å². The van der Waals surface area contributed by atoms with Gasteiger partial charge in [-0.15, -0.1) is 4.98 Å². The first-order chi connectivity index (χ1) is 14.0. The molecule has 0 fully saturated rings. The van der Waals surface area contributed by atoms with Crippen molar-refractivity contribution >= 4 is 22.8 Å². The summed E-state index contributed by atoms with van der Waals surface area (Å²) in [5, 5.41) is 8.04. The number of nitrogens with one attached hydrogen (secondary N) is 1. The average Bonchev–Trinajstić information content (AvgIpc) is 3.17. The fourth-order valence-corrected chi connectivity index (χ4v) is 3.46. The van der Waals surface area contributed by atoms with Gasteiger partial charge < -0.3 is 9.87 Å². The molecule has 0 spiro atoms. The van der Waals surface area contributed by atoms with E-state index in [4.69, 9.17) is 0 Å². The second-order valence-electron chi connectivity index (χ2n) is 7.04. The summed E-state index contributed by atoms with van der Waals surface area (Å²) in [6.45, 7) is 4.72. The monoisotopic (exact) mass is 406 g/mol. The van der Waals surface area contributed by atoms with E-state index in [0.29, 0.717) is 23.3 Å². The predicted octanol–water partition coefficient (Wildman–Crippen LogP) is 3.66. The van der Waals surface area contributed by atoms with Gasteiger partial charge in [0.05, 0.1) is 11.9 Å². The van der Waals surface area contributed by atoms with Crippen LogP contribution in [-0.2, 0) is 17.7 Å². The third-order valence-corrected chi connectivity index (χ3v) is 5.32. The van der Waals surface area contributed by atoms with E-state index in [2.05, 4.69) is 51.3 Å². The molecule has 8 heteroatoms. The molecule has 0 radical (unpaired) electrons. The first kappa shape index (κ1) is 19.4. The summed E-state index contributed by atoms with van der Waals surface area (Å²) in [4.78, 5) is 13.3. The molecule has 0 amide bonds. The normalized spacial score (nSPS) is 12.4. The summed E-state index contributed by atoms with van der Waals surface area (Å²) >= 11 is -1.28. The zero-order chi connectivity index (χ0) is 20.4. The molecule has 1 aromatic carbocycles. The smallest absolute Gasteiger partial charge is 0.347 e. The topological polar surface area (TPSA) is 91.1 Å². The second kappa shape index (κ2) is 8.18. The van der Waals surface area contributed by atoms with Gasteiger partial charge >= 0.3 is 5.16 Å². The number of hydrogen-bond donors (Lipinski definition) is 1. The van der Waals surface area contributed by atoms with E-state index in [1.807, 2.05) is 30.3 Å². The molecule has 7 nitrogen and oxygen atoms in total. The van der Waals surface area contributed by atoms with Crippen LogP contribution in [0.25, 0.3) is 16.9 Å². The molecule has 0 bridgehead atoms. The van der Waals surface area contributed by atoms with Gasteiger partial charge in [-0.25, -0.2) is 0 Å². The molecule has 1 N–H and O–H groups in total. The third kappa shape index (κ3) is 4.08. The van der Waals surface area contributed by atoms with Crippen molar-refractivity contribution in [1.29, 1.82) is 0 Å². The molecule has 0 saturated carbocycles. The van der Waals surface area contributed by atoms with Crippen molar-refractivity contribution in [2.45, 2.75) is 31.5 Å². The minimum atomic E-state index is -1.28. The average molecular weight is 407 g/mol. The first-order valence-corrected chi connectivity index (χ1v) is 10.9. The molecule has 4 rings (SSSR count). The second-order valence-corrected chi connectivity index (χ2v) is 8.31. The summed E-state index contributed by atoms with van der Waals surface area (Å²) in [7, 11) is 0. The minimum absolute atomic E-state index is 0.257. The van der Waals surface area contributed by atoms with Gasteiger partial charge in [-0.3, -0.25) is 4.98 Å². The molecule has 1 unspecified atom stereocenters. The van der Waals surface area contributed by atoms with Crippen molar-refractivity contribution in [1.82, 2.24) is 24.6 Å². The van der Waals surface area contributed by atoms with E-state index in [0.717, 1.165) is 22.4 Å². The number of nitrogens with zero attached hydrogens (tertiary/aromatic N) is 5. The van der Waals surface area contributed by atoms with Crippen molar-refractivity contribution in [3.05, 3.63) is 66.0 Å². The number of aromatic nitrogens is 5. The first-order valence-electron chi connectivity index (χ1n) is 9.36. The maximum atomic E-state index is 12.0. The Bertz CT molecular complexity index is 1110. The summed E-state index contributed by atoms with van der Waals surface area (Å²) in [5.41, 5.74) is 4.79. The Hall–Kier alpha value is -2.97. The highest BCUT2D eigenvalue weighted by molar-refractivity contribution is 7.90. The molecule has 0 saturated heterocycles. The van der Waals surface area contributed by atoms with Crippen LogP contribution in [0, 0.1) is 0 Å². The lowest BCUT2D eigenvalue weighted by Crippen LogP contribution is -2.13. The van der Waals surface area contributed by atoms with Crippen LogP contribution in [0.1, 0.15) is 30.9 Å². The zero-order valence-corrected chi connectivity index (χ0v) is 17.3. The Kier molecular flexibility index (Phi) is 5.46. The quantitative estimate of drug-likeness (QED) is 0.492. The minimum Gasteiger partial charge on any atom is -0.609 e. The maximum absolute atomic E-state index is 12.0. The van der Waals surface area contributed by atoms with Gasteiger partial charge in [-0.2, -0.15) is 14.6 Å². The van der Waals surface area contributed by atoms with Crippen LogP contribution in [0.15, 0.2) is 60.0 Å². The molecule has 0 aliphatic carbocycles. The molecule has 3 heterocycles. The molecular weight excluding hydrogens is 384 g/mol. The van der Waals surface area contributed by atoms with Gasteiger partial charge in [0.25, 0.3) is 0 Å². The molecule has 0 aliphatic rings. The van der Waals surface area contributed by atoms with Gasteiger partial charge in [-0.1, -0.05) is 44.2 Å². The Morgan fingerprint density at radius 1 is 1.10 bits per heavy atom. The van der Waals surface area contributed by atoms with Crippen LogP contribution in [0.5, 0.6) is 0 Å². The van der Waals surface area contributed by atoms with Crippen molar-refractivity contribution < 1.29 is 4.55 Å². The molecule has 148 valence electrons. The molecule has 3 aromatic heterocycles. The number of anilines is 1. The number of hydrogen-bond acceptors (Lipinski definition) is 6. The van der Waals surface area contributed by atoms with Crippen LogP contribution < -0.4 is 5.32 Å². The van der Waals surface area contributed by atoms with E-state index in [9.17, 15) is 4.55 Å². The number of pyridine rings is 1. The summed E-state index contributed by atoms with van der Waals surface area (Å²) < 4.78 is 13.7. The van der Waals surface area contributed by atoms with E-state index in [1.165, 1.54) is 0 Å². The lowest BCUT2D eigenvalue weighted by molar-refractivity contribution is 0.591.